The molecular formula is C16H19NOS3. The molecule has 2 nitrogen and oxygen atoms in total. The Morgan fingerprint density at radius 3 is 2.67 bits per heavy atom. The van der Waals surface area contributed by atoms with E-state index in [2.05, 4.69) is 17.9 Å². The maximum absolute atomic E-state index is 10.1. The predicted molar refractivity (Wildman–Crippen MR) is 93.2 cm³/mol. The Morgan fingerprint density at radius 2 is 2.00 bits per heavy atom. The van der Waals surface area contributed by atoms with Gasteiger partial charge in [-0.2, -0.15) is 0 Å². The summed E-state index contributed by atoms with van der Waals surface area (Å²) in [6.45, 7) is 5.28. The molecule has 1 saturated heterocycles. The van der Waals surface area contributed by atoms with Crippen molar-refractivity contribution in [1.82, 2.24) is 4.90 Å². The van der Waals surface area contributed by atoms with Gasteiger partial charge in [-0.25, -0.2) is 0 Å². The summed E-state index contributed by atoms with van der Waals surface area (Å²) in [6, 6.07) is 5.98. The summed E-state index contributed by atoms with van der Waals surface area (Å²) in [4.78, 5) is 3.73. The lowest BCUT2D eigenvalue weighted by Gasteiger charge is -2.16. The summed E-state index contributed by atoms with van der Waals surface area (Å²) in [5.41, 5.74) is 3.55. The molecule has 1 aromatic carbocycles. The quantitative estimate of drug-likeness (QED) is 0.644. The van der Waals surface area contributed by atoms with E-state index in [1.165, 1.54) is 28.8 Å². The summed E-state index contributed by atoms with van der Waals surface area (Å²) in [5, 5.41) is 10.1. The Labute approximate surface area is 138 Å². The molecule has 0 spiro atoms. The minimum absolute atomic E-state index is 0.411. The molecule has 0 radical (unpaired) electrons. The third kappa shape index (κ3) is 3.54. The monoisotopic (exact) mass is 337 g/mol. The second-order valence-electron chi connectivity index (χ2n) is 5.61. The number of nitrogens with zero attached hydrogens (tertiary/aromatic N) is 1. The molecule has 1 aliphatic rings. The molecule has 1 fully saturated rings. The zero-order chi connectivity index (χ0) is 14.8. The predicted octanol–water partition coefficient (Wildman–Crippen LogP) is 4.74. The fraction of sp³-hybridized carbons (Fsp3) is 0.438. The van der Waals surface area contributed by atoms with Gasteiger partial charge in [0.2, 0.25) is 0 Å². The number of phenols is 1. The number of benzene rings is 1. The molecule has 0 saturated carbocycles. The Morgan fingerprint density at radius 1 is 1.24 bits per heavy atom. The van der Waals surface area contributed by atoms with E-state index < -0.39 is 0 Å². The second kappa shape index (κ2) is 6.57. The molecule has 21 heavy (non-hydrogen) atoms. The van der Waals surface area contributed by atoms with Crippen molar-refractivity contribution < 1.29 is 5.11 Å². The van der Waals surface area contributed by atoms with Gasteiger partial charge in [-0.05, 0) is 50.0 Å². The van der Waals surface area contributed by atoms with Gasteiger partial charge in [0.05, 0.1) is 0 Å². The van der Waals surface area contributed by atoms with Gasteiger partial charge >= 0.3 is 0 Å². The van der Waals surface area contributed by atoms with Gasteiger partial charge in [-0.3, -0.25) is 4.90 Å². The van der Waals surface area contributed by atoms with E-state index in [1.54, 1.807) is 20.7 Å². The molecule has 2 heterocycles. The lowest BCUT2D eigenvalue weighted by Crippen LogP contribution is -2.18. The van der Waals surface area contributed by atoms with Crippen molar-refractivity contribution in [1.29, 1.82) is 0 Å². The van der Waals surface area contributed by atoms with E-state index in [-0.39, 0.29) is 0 Å². The van der Waals surface area contributed by atoms with Gasteiger partial charge in [0.25, 0.3) is 0 Å². The average molecular weight is 338 g/mol. The Hall–Kier alpha value is -0.750. The summed E-state index contributed by atoms with van der Waals surface area (Å²) in [5.74, 6) is 0.411. The summed E-state index contributed by atoms with van der Waals surface area (Å²) in [7, 11) is 3.45. The van der Waals surface area contributed by atoms with Gasteiger partial charge in [0.15, 0.2) is 0 Å². The summed E-state index contributed by atoms with van der Waals surface area (Å²) in [6.07, 6.45) is 3.42. The van der Waals surface area contributed by atoms with Gasteiger partial charge in [-0.15, -0.1) is 0 Å². The van der Waals surface area contributed by atoms with Crippen molar-refractivity contribution in [3.8, 4) is 5.75 Å². The highest BCUT2D eigenvalue weighted by molar-refractivity contribution is 7.79. The van der Waals surface area contributed by atoms with Crippen molar-refractivity contribution in [2.75, 3.05) is 13.1 Å². The van der Waals surface area contributed by atoms with Crippen LogP contribution < -0.4 is 0 Å². The first-order valence-corrected chi connectivity index (χ1v) is 9.81. The molecule has 0 unspecified atom stereocenters. The average Bonchev–Trinajstić information content (AvgIpc) is 3.07. The zero-order valence-electron chi connectivity index (χ0n) is 12.1. The molecule has 0 amide bonds. The van der Waals surface area contributed by atoms with Crippen molar-refractivity contribution in [3.63, 3.8) is 0 Å². The van der Waals surface area contributed by atoms with E-state index in [0.29, 0.717) is 5.75 Å². The molecule has 5 heteroatoms. The fourth-order valence-electron chi connectivity index (χ4n) is 2.80. The van der Waals surface area contributed by atoms with Crippen LogP contribution in [0.2, 0.25) is 0 Å². The van der Waals surface area contributed by atoms with Crippen LogP contribution in [0, 0.1) is 10.7 Å². The Bertz CT molecular complexity index is 683. The second-order valence-corrected chi connectivity index (χ2v) is 8.63. The third-order valence-corrected chi connectivity index (χ3v) is 7.32. The fourth-order valence-corrected chi connectivity index (χ4v) is 5.47. The number of likely N-dealkylation sites (tertiary alicyclic amines) is 1. The Balaban J connectivity index is 1.81. The van der Waals surface area contributed by atoms with E-state index in [0.717, 1.165) is 35.4 Å². The molecule has 2 aromatic rings. The minimum Gasteiger partial charge on any atom is -0.508 e. The van der Waals surface area contributed by atoms with Crippen LogP contribution in [-0.2, 0) is 13.0 Å². The van der Waals surface area contributed by atoms with Crippen LogP contribution in [0.3, 0.4) is 0 Å². The first-order chi connectivity index (χ1) is 10.1. The lowest BCUT2D eigenvalue weighted by atomic mass is 10.0. The molecule has 0 aliphatic carbocycles. The highest BCUT2D eigenvalue weighted by Gasteiger charge is 2.14. The first kappa shape index (κ1) is 15.2. The van der Waals surface area contributed by atoms with Crippen molar-refractivity contribution in [2.45, 2.75) is 32.7 Å². The molecule has 0 bridgehead atoms. The standard InChI is InChI=1S/C16H19NOS3/c1-11-14(16(19)21-20-11)9-12-4-5-15(18)13(8-12)10-17-6-2-3-7-17/h4-5,8,18H,2-3,6-7,9-10H2,1H3. The van der Waals surface area contributed by atoms with Crippen LogP contribution >= 0.6 is 32.9 Å². The maximum atomic E-state index is 10.1. The van der Waals surface area contributed by atoms with Crippen LogP contribution in [-0.4, -0.2) is 23.1 Å². The number of aryl methyl sites for hydroxylation is 1. The zero-order valence-corrected chi connectivity index (χ0v) is 14.5. The summed E-state index contributed by atoms with van der Waals surface area (Å²) < 4.78 is 1.01. The van der Waals surface area contributed by atoms with Gasteiger partial charge in [0.1, 0.15) is 9.57 Å². The lowest BCUT2D eigenvalue weighted by molar-refractivity contribution is 0.324. The number of aromatic hydroxyl groups is 1. The van der Waals surface area contributed by atoms with Crippen LogP contribution in [0.4, 0.5) is 0 Å². The molecule has 112 valence electrons. The van der Waals surface area contributed by atoms with Gasteiger partial charge in [0, 0.05) is 23.4 Å². The van der Waals surface area contributed by atoms with E-state index in [1.807, 2.05) is 12.1 Å². The van der Waals surface area contributed by atoms with Crippen molar-refractivity contribution in [3.05, 3.63) is 43.6 Å². The topological polar surface area (TPSA) is 23.5 Å². The highest BCUT2D eigenvalue weighted by atomic mass is 32.9. The number of rotatable bonds is 4. The Kier molecular flexibility index (Phi) is 4.74. The van der Waals surface area contributed by atoms with E-state index in [4.69, 9.17) is 12.2 Å². The highest BCUT2D eigenvalue weighted by Crippen LogP contribution is 2.28. The normalized spacial score (nSPS) is 15.7. The van der Waals surface area contributed by atoms with Crippen LogP contribution in [0.5, 0.6) is 5.75 Å². The van der Waals surface area contributed by atoms with Crippen molar-refractivity contribution >= 4 is 32.9 Å². The van der Waals surface area contributed by atoms with Crippen LogP contribution in [0.1, 0.15) is 34.4 Å². The molecular weight excluding hydrogens is 318 g/mol. The van der Waals surface area contributed by atoms with Crippen LogP contribution in [0.25, 0.3) is 0 Å². The molecule has 1 aromatic heterocycles. The van der Waals surface area contributed by atoms with Gasteiger partial charge < -0.3 is 5.11 Å². The molecule has 1 N–H and O–H groups in total. The maximum Gasteiger partial charge on any atom is 0.120 e. The van der Waals surface area contributed by atoms with Gasteiger partial charge in [-0.1, -0.05) is 45.0 Å². The smallest absolute Gasteiger partial charge is 0.120 e. The third-order valence-electron chi connectivity index (χ3n) is 4.03. The van der Waals surface area contributed by atoms with E-state index in [9.17, 15) is 5.11 Å². The number of hydrogen-bond donors (Lipinski definition) is 1. The largest absolute Gasteiger partial charge is 0.508 e. The molecule has 0 atom stereocenters. The number of phenolic OH excluding ortho intramolecular Hbond substituents is 1. The van der Waals surface area contributed by atoms with E-state index >= 15 is 0 Å². The molecule has 1 aliphatic heterocycles. The first-order valence-electron chi connectivity index (χ1n) is 7.25. The SMILES string of the molecule is Cc1ssc(=S)c1Cc1ccc(O)c(CN2CCCC2)c1. The minimum atomic E-state index is 0.411. The van der Waals surface area contributed by atoms with Crippen LogP contribution in [0.15, 0.2) is 18.2 Å². The molecule has 3 rings (SSSR count). The summed E-state index contributed by atoms with van der Waals surface area (Å²) >= 11 is 5.42. The van der Waals surface area contributed by atoms with Crippen molar-refractivity contribution in [2.24, 2.45) is 0 Å². The number of hydrogen-bond acceptors (Lipinski definition) is 5.